The van der Waals surface area contributed by atoms with Gasteiger partial charge < -0.3 is 10.3 Å². The van der Waals surface area contributed by atoms with Crippen molar-refractivity contribution in [1.82, 2.24) is 14.8 Å². The van der Waals surface area contributed by atoms with Crippen molar-refractivity contribution in [2.75, 3.05) is 32.1 Å². The van der Waals surface area contributed by atoms with Gasteiger partial charge in [0.2, 0.25) is 0 Å². The van der Waals surface area contributed by atoms with Gasteiger partial charge in [0.25, 0.3) is 0 Å². The van der Waals surface area contributed by atoms with Crippen molar-refractivity contribution >= 4 is 5.82 Å². The molecule has 1 aliphatic heterocycles. The zero-order valence-corrected chi connectivity index (χ0v) is 10.6. The number of nitrogen functional groups attached to an aromatic ring is 1. The fraction of sp³-hybridized carbons (Fsp3) is 0.583. The number of nitrogens with two attached hydrogens (primary N) is 1. The first-order chi connectivity index (χ1) is 8.19. The minimum Gasteiger partial charge on any atom is -0.308 e. The molecule has 0 aliphatic carbocycles. The summed E-state index contributed by atoms with van der Waals surface area (Å²) in [5.41, 5.74) is 3.78. The van der Waals surface area contributed by atoms with E-state index in [0.717, 1.165) is 26.2 Å². The molecule has 0 radical (unpaired) electrons. The number of nitrogens with one attached hydrogen (secondary N) is 1. The molecule has 1 saturated heterocycles. The standard InChI is InChI=1S/C12H21N5/c1-10-8-16(2)5-6-17(10)9-11-3-4-12(15-13)14-7-11/h3-4,7,10H,5-6,8-9,13H2,1-2H3,(H,14,15). The molecule has 2 rings (SSSR count). The van der Waals surface area contributed by atoms with Crippen molar-refractivity contribution < 1.29 is 0 Å². The van der Waals surface area contributed by atoms with E-state index in [9.17, 15) is 0 Å². The summed E-state index contributed by atoms with van der Waals surface area (Å²) in [6.07, 6.45) is 1.89. The third-order valence-corrected chi connectivity index (χ3v) is 3.33. The number of aromatic nitrogens is 1. The van der Waals surface area contributed by atoms with Crippen molar-refractivity contribution in [3.63, 3.8) is 0 Å². The second-order valence-electron chi connectivity index (χ2n) is 4.78. The average molecular weight is 235 g/mol. The summed E-state index contributed by atoms with van der Waals surface area (Å²) < 4.78 is 0. The van der Waals surface area contributed by atoms with Crippen LogP contribution in [0.5, 0.6) is 0 Å². The van der Waals surface area contributed by atoms with Crippen LogP contribution < -0.4 is 11.3 Å². The van der Waals surface area contributed by atoms with Crippen LogP contribution >= 0.6 is 0 Å². The van der Waals surface area contributed by atoms with E-state index in [1.807, 2.05) is 12.3 Å². The Balaban J connectivity index is 1.95. The number of pyridine rings is 1. The zero-order chi connectivity index (χ0) is 12.3. The summed E-state index contributed by atoms with van der Waals surface area (Å²) in [6.45, 7) is 6.64. The summed E-state index contributed by atoms with van der Waals surface area (Å²) in [4.78, 5) is 9.10. The molecule has 94 valence electrons. The molecule has 3 N–H and O–H groups in total. The van der Waals surface area contributed by atoms with Crippen LogP contribution in [0.25, 0.3) is 0 Å². The lowest BCUT2D eigenvalue weighted by Gasteiger charge is -2.38. The van der Waals surface area contributed by atoms with Crippen LogP contribution in [0.2, 0.25) is 0 Å². The monoisotopic (exact) mass is 235 g/mol. The molecule has 1 aliphatic rings. The molecule has 5 heteroatoms. The molecular weight excluding hydrogens is 214 g/mol. The largest absolute Gasteiger partial charge is 0.308 e. The van der Waals surface area contributed by atoms with Gasteiger partial charge >= 0.3 is 0 Å². The molecule has 0 saturated carbocycles. The Morgan fingerprint density at radius 2 is 2.29 bits per heavy atom. The average Bonchev–Trinajstić information content (AvgIpc) is 2.34. The summed E-state index contributed by atoms with van der Waals surface area (Å²) in [5.74, 6) is 6.00. The Kier molecular flexibility index (Phi) is 3.93. The van der Waals surface area contributed by atoms with Gasteiger partial charge in [-0.15, -0.1) is 0 Å². The van der Waals surface area contributed by atoms with Crippen LogP contribution in [0.4, 0.5) is 5.82 Å². The van der Waals surface area contributed by atoms with Gasteiger partial charge in [-0.05, 0) is 25.6 Å². The van der Waals surface area contributed by atoms with E-state index in [1.165, 1.54) is 5.56 Å². The van der Waals surface area contributed by atoms with Gasteiger partial charge in [-0.1, -0.05) is 6.07 Å². The molecule has 0 spiro atoms. The number of likely N-dealkylation sites (N-methyl/N-ethyl adjacent to an activating group) is 1. The van der Waals surface area contributed by atoms with Gasteiger partial charge in [0.15, 0.2) is 0 Å². The van der Waals surface area contributed by atoms with Crippen molar-refractivity contribution in [3.05, 3.63) is 23.9 Å². The maximum Gasteiger partial charge on any atom is 0.139 e. The molecule has 1 atom stereocenters. The van der Waals surface area contributed by atoms with E-state index in [2.05, 4.69) is 40.2 Å². The lowest BCUT2D eigenvalue weighted by atomic mass is 10.1. The van der Waals surface area contributed by atoms with Crippen LogP contribution in [0.3, 0.4) is 0 Å². The predicted octanol–water partition coefficient (Wildman–Crippen LogP) is 0.503. The fourth-order valence-electron chi connectivity index (χ4n) is 2.25. The molecule has 5 nitrogen and oxygen atoms in total. The first-order valence-electron chi connectivity index (χ1n) is 6.03. The number of anilines is 1. The quantitative estimate of drug-likeness (QED) is 0.590. The molecule has 1 aromatic heterocycles. The Hall–Kier alpha value is -1.17. The van der Waals surface area contributed by atoms with Crippen LogP contribution in [0.1, 0.15) is 12.5 Å². The molecule has 0 aromatic carbocycles. The van der Waals surface area contributed by atoms with Crippen molar-refractivity contribution in [3.8, 4) is 0 Å². The normalized spacial score (nSPS) is 22.6. The number of hydrazine groups is 1. The minimum atomic E-state index is 0.598. The number of rotatable bonds is 3. The first-order valence-corrected chi connectivity index (χ1v) is 6.03. The highest BCUT2D eigenvalue weighted by atomic mass is 15.3. The van der Waals surface area contributed by atoms with Crippen molar-refractivity contribution in [2.45, 2.75) is 19.5 Å². The molecule has 1 aromatic rings. The summed E-state index contributed by atoms with van der Waals surface area (Å²) in [5, 5.41) is 0. The number of piperazine rings is 1. The molecule has 1 fully saturated rings. The van der Waals surface area contributed by atoms with Gasteiger partial charge in [-0.3, -0.25) is 4.90 Å². The fourth-order valence-corrected chi connectivity index (χ4v) is 2.25. The second-order valence-corrected chi connectivity index (χ2v) is 4.78. The van der Waals surface area contributed by atoms with E-state index in [-0.39, 0.29) is 0 Å². The highest BCUT2D eigenvalue weighted by molar-refractivity contribution is 5.33. The van der Waals surface area contributed by atoms with E-state index in [1.54, 1.807) is 0 Å². The molecule has 2 heterocycles. The van der Waals surface area contributed by atoms with Crippen LogP contribution in [-0.2, 0) is 6.54 Å². The van der Waals surface area contributed by atoms with Crippen LogP contribution in [0.15, 0.2) is 18.3 Å². The van der Waals surface area contributed by atoms with E-state index < -0.39 is 0 Å². The van der Waals surface area contributed by atoms with Crippen LogP contribution in [-0.4, -0.2) is 47.5 Å². The van der Waals surface area contributed by atoms with E-state index in [0.29, 0.717) is 11.9 Å². The third kappa shape index (κ3) is 3.15. The van der Waals surface area contributed by atoms with E-state index in [4.69, 9.17) is 5.84 Å². The van der Waals surface area contributed by atoms with Gasteiger partial charge in [-0.25, -0.2) is 10.8 Å². The number of hydrogen-bond donors (Lipinski definition) is 2. The van der Waals surface area contributed by atoms with Gasteiger partial charge in [0.05, 0.1) is 0 Å². The first kappa shape index (κ1) is 12.3. The molecule has 1 unspecified atom stereocenters. The lowest BCUT2D eigenvalue weighted by molar-refractivity contribution is 0.0937. The Bertz CT molecular complexity index is 350. The van der Waals surface area contributed by atoms with Crippen LogP contribution in [0, 0.1) is 0 Å². The molecule has 17 heavy (non-hydrogen) atoms. The van der Waals surface area contributed by atoms with Gasteiger partial charge in [-0.2, -0.15) is 0 Å². The van der Waals surface area contributed by atoms with Gasteiger partial charge in [0.1, 0.15) is 5.82 Å². The summed E-state index contributed by atoms with van der Waals surface area (Å²) in [6, 6.07) is 4.59. The predicted molar refractivity (Wildman–Crippen MR) is 69.4 cm³/mol. The zero-order valence-electron chi connectivity index (χ0n) is 10.6. The second kappa shape index (κ2) is 5.44. The summed E-state index contributed by atoms with van der Waals surface area (Å²) >= 11 is 0. The third-order valence-electron chi connectivity index (χ3n) is 3.33. The highest BCUT2D eigenvalue weighted by Gasteiger charge is 2.21. The Morgan fingerprint density at radius 3 is 2.88 bits per heavy atom. The topological polar surface area (TPSA) is 57.4 Å². The van der Waals surface area contributed by atoms with Crippen molar-refractivity contribution in [1.29, 1.82) is 0 Å². The number of nitrogens with zero attached hydrogens (tertiary/aromatic N) is 3. The molecular formula is C12H21N5. The maximum atomic E-state index is 5.29. The Morgan fingerprint density at radius 1 is 1.47 bits per heavy atom. The molecule has 0 amide bonds. The Labute approximate surface area is 103 Å². The van der Waals surface area contributed by atoms with Gasteiger partial charge in [0, 0.05) is 38.4 Å². The maximum absolute atomic E-state index is 5.29. The minimum absolute atomic E-state index is 0.598. The highest BCUT2D eigenvalue weighted by Crippen LogP contribution is 2.13. The summed E-state index contributed by atoms with van der Waals surface area (Å²) in [7, 11) is 2.18. The lowest BCUT2D eigenvalue weighted by Crippen LogP contribution is -2.49. The smallest absolute Gasteiger partial charge is 0.139 e. The van der Waals surface area contributed by atoms with E-state index >= 15 is 0 Å². The SMILES string of the molecule is CC1CN(C)CCN1Cc1ccc(NN)nc1. The van der Waals surface area contributed by atoms with Crippen molar-refractivity contribution in [2.24, 2.45) is 5.84 Å². The molecule has 0 bridgehead atoms. The number of hydrogen-bond acceptors (Lipinski definition) is 5.